The Hall–Kier alpha value is 0.490. The molecular weight excluding hydrogens is 278 g/mol. The van der Waals surface area contributed by atoms with E-state index in [-0.39, 0.29) is 0 Å². The van der Waals surface area contributed by atoms with E-state index in [1.54, 1.807) is 0 Å². The third-order valence-electron chi connectivity index (χ3n) is 2.43. The van der Waals surface area contributed by atoms with Crippen LogP contribution < -0.4 is 5.32 Å². The summed E-state index contributed by atoms with van der Waals surface area (Å²) in [6.45, 7) is 2.19. The quantitative estimate of drug-likeness (QED) is 0.913. The van der Waals surface area contributed by atoms with Crippen molar-refractivity contribution in [2.45, 2.75) is 13.0 Å². The highest BCUT2D eigenvalue weighted by atomic mass is 79.9. The van der Waals surface area contributed by atoms with Gasteiger partial charge >= 0.3 is 0 Å². The second-order valence-electron chi connectivity index (χ2n) is 3.55. The van der Waals surface area contributed by atoms with Gasteiger partial charge in [0, 0.05) is 15.9 Å². The van der Waals surface area contributed by atoms with Gasteiger partial charge in [0.25, 0.3) is 0 Å². The molecule has 2 heterocycles. The second-order valence-corrected chi connectivity index (χ2v) is 6.56. The number of rotatable bonds is 4. The van der Waals surface area contributed by atoms with Gasteiger partial charge in [0.2, 0.25) is 0 Å². The first kappa shape index (κ1) is 11.0. The van der Waals surface area contributed by atoms with Gasteiger partial charge in [-0.05, 0) is 57.8 Å². The van der Waals surface area contributed by atoms with Crippen LogP contribution in [0.3, 0.4) is 0 Å². The smallest absolute Gasteiger partial charge is 0.0327 e. The zero-order chi connectivity index (χ0) is 9.80. The molecule has 0 spiro atoms. The summed E-state index contributed by atoms with van der Waals surface area (Å²) in [5.41, 5.74) is 0. The molecule has 0 amide bonds. The highest BCUT2D eigenvalue weighted by molar-refractivity contribution is 9.10. The molecule has 0 saturated carbocycles. The highest BCUT2D eigenvalue weighted by Gasteiger charge is 2.14. The van der Waals surface area contributed by atoms with Crippen LogP contribution >= 0.6 is 39.0 Å². The molecule has 1 unspecified atom stereocenters. The zero-order valence-electron chi connectivity index (χ0n) is 7.96. The SMILES string of the molecule is Brc1ccsc1CNCC1CCSC1. The van der Waals surface area contributed by atoms with E-state index in [0.717, 1.165) is 12.5 Å². The first-order chi connectivity index (χ1) is 6.86. The second kappa shape index (κ2) is 5.54. The minimum absolute atomic E-state index is 0.902. The fourth-order valence-electron chi connectivity index (χ4n) is 1.59. The van der Waals surface area contributed by atoms with Gasteiger partial charge in [-0.1, -0.05) is 0 Å². The van der Waals surface area contributed by atoms with Crippen LogP contribution in [0.4, 0.5) is 0 Å². The highest BCUT2D eigenvalue weighted by Crippen LogP contribution is 2.24. The molecule has 1 fully saturated rings. The van der Waals surface area contributed by atoms with E-state index >= 15 is 0 Å². The van der Waals surface area contributed by atoms with Gasteiger partial charge in [-0.3, -0.25) is 0 Å². The molecule has 14 heavy (non-hydrogen) atoms. The molecule has 1 nitrogen and oxygen atoms in total. The Morgan fingerprint density at radius 3 is 3.14 bits per heavy atom. The molecule has 0 aromatic carbocycles. The third-order valence-corrected chi connectivity index (χ3v) is 5.59. The van der Waals surface area contributed by atoms with E-state index in [0.29, 0.717) is 0 Å². The van der Waals surface area contributed by atoms with Crippen molar-refractivity contribution in [3.63, 3.8) is 0 Å². The van der Waals surface area contributed by atoms with Crippen molar-refractivity contribution in [2.75, 3.05) is 18.1 Å². The Labute approximate surface area is 102 Å². The first-order valence-electron chi connectivity index (χ1n) is 4.86. The summed E-state index contributed by atoms with van der Waals surface area (Å²) in [5, 5.41) is 5.67. The Morgan fingerprint density at radius 2 is 2.50 bits per heavy atom. The molecule has 1 N–H and O–H groups in total. The van der Waals surface area contributed by atoms with E-state index in [9.17, 15) is 0 Å². The van der Waals surface area contributed by atoms with E-state index in [4.69, 9.17) is 0 Å². The van der Waals surface area contributed by atoms with Crippen molar-refractivity contribution in [2.24, 2.45) is 5.92 Å². The summed E-state index contributed by atoms with van der Waals surface area (Å²) in [7, 11) is 0. The number of halogens is 1. The van der Waals surface area contributed by atoms with Crippen LogP contribution in [0.1, 0.15) is 11.3 Å². The fourth-order valence-corrected chi connectivity index (χ4v) is 4.33. The molecule has 1 saturated heterocycles. The molecule has 0 aliphatic carbocycles. The first-order valence-corrected chi connectivity index (χ1v) is 7.69. The minimum Gasteiger partial charge on any atom is -0.312 e. The summed E-state index contributed by atoms with van der Waals surface area (Å²) >= 11 is 7.45. The van der Waals surface area contributed by atoms with E-state index in [2.05, 4.69) is 44.5 Å². The van der Waals surface area contributed by atoms with Crippen molar-refractivity contribution in [3.8, 4) is 0 Å². The summed E-state index contributed by atoms with van der Waals surface area (Å²) in [6, 6.07) is 2.12. The molecule has 1 atom stereocenters. The summed E-state index contributed by atoms with van der Waals surface area (Å²) in [4.78, 5) is 1.41. The van der Waals surface area contributed by atoms with E-state index in [1.807, 2.05) is 11.3 Å². The largest absolute Gasteiger partial charge is 0.312 e. The van der Waals surface area contributed by atoms with Gasteiger partial charge in [-0.2, -0.15) is 11.8 Å². The van der Waals surface area contributed by atoms with Crippen LogP contribution in [0.25, 0.3) is 0 Å². The lowest BCUT2D eigenvalue weighted by Gasteiger charge is -2.08. The number of hydrogen-bond donors (Lipinski definition) is 1. The van der Waals surface area contributed by atoms with Crippen LogP contribution in [0.15, 0.2) is 15.9 Å². The van der Waals surface area contributed by atoms with Crippen LogP contribution in [-0.2, 0) is 6.54 Å². The van der Waals surface area contributed by atoms with Gasteiger partial charge in [0.15, 0.2) is 0 Å². The molecule has 4 heteroatoms. The average molecular weight is 292 g/mol. The van der Waals surface area contributed by atoms with Crippen LogP contribution in [0, 0.1) is 5.92 Å². The monoisotopic (exact) mass is 291 g/mol. The van der Waals surface area contributed by atoms with Gasteiger partial charge < -0.3 is 5.32 Å². The van der Waals surface area contributed by atoms with E-state index in [1.165, 1.54) is 33.8 Å². The summed E-state index contributed by atoms with van der Waals surface area (Å²) < 4.78 is 1.25. The molecule has 2 rings (SSSR count). The molecule has 1 aromatic rings. The lowest BCUT2D eigenvalue weighted by molar-refractivity contribution is 0.525. The van der Waals surface area contributed by atoms with Crippen molar-refractivity contribution in [1.82, 2.24) is 5.32 Å². The lowest BCUT2D eigenvalue weighted by atomic mass is 10.1. The van der Waals surface area contributed by atoms with Crippen molar-refractivity contribution in [3.05, 3.63) is 20.8 Å². The Bertz CT molecular complexity index is 281. The Balaban J connectivity index is 1.70. The standard InChI is InChI=1S/C10H14BrNS2/c11-9-2-4-14-10(9)6-12-5-8-1-3-13-7-8/h2,4,8,12H,1,3,5-7H2. The predicted octanol–water partition coefficient (Wildman–Crippen LogP) is 3.35. The molecule has 1 aromatic heterocycles. The maximum absolute atomic E-state index is 3.55. The molecule has 1 aliphatic heterocycles. The van der Waals surface area contributed by atoms with Crippen molar-refractivity contribution >= 4 is 39.0 Å². The maximum Gasteiger partial charge on any atom is 0.0327 e. The third kappa shape index (κ3) is 2.99. The molecule has 0 radical (unpaired) electrons. The van der Waals surface area contributed by atoms with Crippen LogP contribution in [0.5, 0.6) is 0 Å². The molecule has 0 bridgehead atoms. The predicted molar refractivity (Wildman–Crippen MR) is 69.2 cm³/mol. The summed E-state index contributed by atoms with van der Waals surface area (Å²) in [6.07, 6.45) is 1.39. The minimum atomic E-state index is 0.902. The lowest BCUT2D eigenvalue weighted by Crippen LogP contribution is -2.21. The Kier molecular flexibility index (Phi) is 4.35. The summed E-state index contributed by atoms with van der Waals surface area (Å²) in [5.74, 6) is 3.60. The number of thiophene rings is 1. The topological polar surface area (TPSA) is 12.0 Å². The Morgan fingerprint density at radius 1 is 1.57 bits per heavy atom. The van der Waals surface area contributed by atoms with Gasteiger partial charge in [-0.25, -0.2) is 0 Å². The normalized spacial score (nSPS) is 21.6. The van der Waals surface area contributed by atoms with Crippen LogP contribution in [0.2, 0.25) is 0 Å². The number of nitrogens with one attached hydrogen (secondary N) is 1. The van der Waals surface area contributed by atoms with Crippen LogP contribution in [-0.4, -0.2) is 18.1 Å². The number of hydrogen-bond acceptors (Lipinski definition) is 3. The molecule has 78 valence electrons. The van der Waals surface area contributed by atoms with Crippen molar-refractivity contribution in [1.29, 1.82) is 0 Å². The fraction of sp³-hybridized carbons (Fsp3) is 0.600. The zero-order valence-corrected chi connectivity index (χ0v) is 11.2. The molecule has 1 aliphatic rings. The van der Waals surface area contributed by atoms with Gasteiger partial charge in [0.1, 0.15) is 0 Å². The molecular formula is C10H14BrNS2. The van der Waals surface area contributed by atoms with Crippen molar-refractivity contribution < 1.29 is 0 Å². The maximum atomic E-state index is 3.55. The average Bonchev–Trinajstić information content (AvgIpc) is 2.78. The van der Waals surface area contributed by atoms with Gasteiger partial charge in [-0.15, -0.1) is 11.3 Å². The van der Waals surface area contributed by atoms with Gasteiger partial charge in [0.05, 0.1) is 0 Å². The number of thioether (sulfide) groups is 1. The van der Waals surface area contributed by atoms with E-state index < -0.39 is 0 Å².